The molecule has 0 spiro atoms. The van der Waals surface area contributed by atoms with Crippen LogP contribution >= 0.6 is 12.2 Å². The molecule has 0 aromatic heterocycles. The first-order valence-electron chi connectivity index (χ1n) is 12.3. The second-order valence-corrected chi connectivity index (χ2v) is 12.8. The van der Waals surface area contributed by atoms with E-state index in [1.54, 1.807) is 0 Å². The molecule has 0 bridgehead atoms. The summed E-state index contributed by atoms with van der Waals surface area (Å²) in [5.74, 6) is 2.42. The molecule has 0 aromatic carbocycles. The van der Waals surface area contributed by atoms with Crippen LogP contribution < -0.4 is 10.6 Å². The lowest BCUT2D eigenvalue weighted by Crippen LogP contribution is -2.61. The van der Waals surface area contributed by atoms with E-state index in [1.807, 2.05) is 27.8 Å². The van der Waals surface area contributed by atoms with E-state index in [0.29, 0.717) is 41.2 Å². The lowest BCUT2D eigenvalue weighted by atomic mass is 9.47. The monoisotopic (exact) mass is 447 g/mol. The Morgan fingerprint density at radius 3 is 2.39 bits per heavy atom. The van der Waals surface area contributed by atoms with Crippen molar-refractivity contribution in [3.8, 4) is 0 Å². The van der Waals surface area contributed by atoms with Crippen molar-refractivity contribution in [1.82, 2.24) is 15.5 Å². The van der Waals surface area contributed by atoms with E-state index in [0.717, 1.165) is 32.1 Å². The van der Waals surface area contributed by atoms with Gasteiger partial charge < -0.3 is 15.5 Å². The molecule has 7 atom stereocenters. The van der Waals surface area contributed by atoms with Gasteiger partial charge in [0.05, 0.1) is 0 Å². The number of likely N-dealkylation sites (tertiary alicyclic amines) is 1. The minimum atomic E-state index is -0.160. The number of carbonyl (C=O) groups is 2. The Hall–Kier alpha value is -1.17. The van der Waals surface area contributed by atoms with Gasteiger partial charge in [-0.25, -0.2) is 0 Å². The second-order valence-electron chi connectivity index (χ2n) is 12.3. The minimum absolute atomic E-state index is 0.0410. The van der Waals surface area contributed by atoms with Crippen LogP contribution in [0.25, 0.3) is 0 Å². The summed E-state index contributed by atoms with van der Waals surface area (Å²) in [6.07, 6.45) is 8.43. The smallest absolute Gasteiger partial charge is 0.229 e. The van der Waals surface area contributed by atoms with Crippen molar-refractivity contribution < 1.29 is 9.59 Å². The van der Waals surface area contributed by atoms with E-state index in [1.165, 1.54) is 12.8 Å². The molecule has 4 aliphatic rings. The lowest BCUT2D eigenvalue weighted by molar-refractivity contribution is -0.159. The molecule has 0 unspecified atom stereocenters. The summed E-state index contributed by atoms with van der Waals surface area (Å²) in [5, 5.41) is 6.67. The fourth-order valence-corrected chi connectivity index (χ4v) is 8.56. The molecular formula is C25H41N3O2S. The second kappa shape index (κ2) is 7.71. The number of carbonyl (C=O) groups excluding carboxylic acids is 2. The largest absolute Gasteiger partial charge is 0.358 e. The zero-order valence-electron chi connectivity index (χ0n) is 20.2. The van der Waals surface area contributed by atoms with E-state index >= 15 is 0 Å². The number of thiocarbonyl (C=S) groups is 1. The normalized spacial score (nSPS) is 42.3. The predicted octanol–water partition coefficient (Wildman–Crippen LogP) is 4.26. The molecule has 0 aromatic rings. The third kappa shape index (κ3) is 3.81. The average molecular weight is 448 g/mol. The number of hydrogen-bond acceptors (Lipinski definition) is 3. The molecule has 4 fully saturated rings. The summed E-state index contributed by atoms with van der Waals surface area (Å²) in [5.41, 5.74) is 0.126. The van der Waals surface area contributed by atoms with Gasteiger partial charge in [-0.2, -0.15) is 0 Å². The number of fused-ring (bicyclic) bond motifs is 5. The zero-order valence-corrected chi connectivity index (χ0v) is 21.0. The highest BCUT2D eigenvalue weighted by atomic mass is 32.1. The number of hydrogen-bond donors (Lipinski definition) is 2. The van der Waals surface area contributed by atoms with Crippen molar-refractivity contribution in [3.05, 3.63) is 0 Å². The first-order valence-corrected chi connectivity index (χ1v) is 12.7. The summed E-state index contributed by atoms with van der Waals surface area (Å²) >= 11 is 5.41. The molecule has 3 saturated carbocycles. The molecule has 4 rings (SSSR count). The first-order chi connectivity index (χ1) is 14.4. The summed E-state index contributed by atoms with van der Waals surface area (Å²) in [6.45, 7) is 11.0. The number of amides is 2. The molecule has 0 radical (unpaired) electrons. The quantitative estimate of drug-likeness (QED) is 0.590. The van der Waals surface area contributed by atoms with Crippen molar-refractivity contribution in [1.29, 1.82) is 0 Å². The highest BCUT2D eigenvalue weighted by Gasteiger charge is 2.62. The van der Waals surface area contributed by atoms with Crippen molar-refractivity contribution in [2.75, 3.05) is 7.05 Å². The fourth-order valence-electron chi connectivity index (χ4n) is 8.15. The maximum absolute atomic E-state index is 13.2. The Labute approximate surface area is 193 Å². The SMILES string of the molecule is CN1C(=O)CC[C@]2(C)[C@H]3CC[C@]4(C)[C@@H](C(=O)NC(=S)NC(C)(C)C)CC[C@H]4[C@@H]3CC[C@@H]12. The van der Waals surface area contributed by atoms with Gasteiger partial charge in [0.2, 0.25) is 11.8 Å². The van der Waals surface area contributed by atoms with Crippen LogP contribution in [0, 0.1) is 34.5 Å². The van der Waals surface area contributed by atoms with Crippen molar-refractivity contribution >= 4 is 29.1 Å². The minimum Gasteiger partial charge on any atom is -0.358 e. The Morgan fingerprint density at radius 1 is 1.03 bits per heavy atom. The summed E-state index contributed by atoms with van der Waals surface area (Å²) < 4.78 is 0. The van der Waals surface area contributed by atoms with Crippen molar-refractivity contribution in [2.45, 2.75) is 97.6 Å². The molecule has 6 heteroatoms. The highest BCUT2D eigenvalue weighted by Crippen LogP contribution is 2.66. The molecular weight excluding hydrogens is 406 g/mol. The number of nitrogens with one attached hydrogen (secondary N) is 2. The molecule has 31 heavy (non-hydrogen) atoms. The van der Waals surface area contributed by atoms with Crippen LogP contribution in [0.5, 0.6) is 0 Å². The van der Waals surface area contributed by atoms with Gasteiger partial charge in [-0.1, -0.05) is 13.8 Å². The van der Waals surface area contributed by atoms with Crippen LogP contribution in [0.15, 0.2) is 0 Å². The van der Waals surface area contributed by atoms with Crippen LogP contribution in [-0.2, 0) is 9.59 Å². The zero-order chi connectivity index (χ0) is 22.8. The van der Waals surface area contributed by atoms with Crippen molar-refractivity contribution in [3.63, 3.8) is 0 Å². The van der Waals surface area contributed by atoms with Crippen LogP contribution in [0.1, 0.15) is 86.0 Å². The first kappa shape index (κ1) is 23.0. The van der Waals surface area contributed by atoms with E-state index in [9.17, 15) is 9.59 Å². The standard InChI is InChI=1S/C25H41N3O2S/c1-23(2,3)27-22(31)26-21(30)18-9-8-16-15-7-10-19-25(5,14-12-20(29)28(19)6)17(15)11-13-24(16,18)4/h15-19H,7-14H2,1-6H3,(H2,26,27,30,31)/t15-,16-,17-,18+,19+,24-,25+/m0/s1. The van der Waals surface area contributed by atoms with E-state index in [4.69, 9.17) is 12.2 Å². The van der Waals surface area contributed by atoms with E-state index < -0.39 is 0 Å². The molecule has 2 N–H and O–H groups in total. The Morgan fingerprint density at radius 2 is 1.71 bits per heavy atom. The van der Waals surface area contributed by atoms with Crippen LogP contribution in [0.4, 0.5) is 0 Å². The summed E-state index contributed by atoms with van der Waals surface area (Å²) in [4.78, 5) is 27.6. The molecule has 1 aliphatic heterocycles. The predicted molar refractivity (Wildman–Crippen MR) is 127 cm³/mol. The van der Waals surface area contributed by atoms with E-state index in [-0.39, 0.29) is 28.2 Å². The van der Waals surface area contributed by atoms with Crippen molar-refractivity contribution in [2.24, 2.45) is 34.5 Å². The van der Waals surface area contributed by atoms with Crippen LogP contribution in [0.3, 0.4) is 0 Å². The van der Waals surface area contributed by atoms with Gasteiger partial charge >= 0.3 is 0 Å². The fraction of sp³-hybridized carbons (Fsp3) is 0.880. The van der Waals surface area contributed by atoms with Gasteiger partial charge in [0, 0.05) is 31.0 Å². The number of rotatable bonds is 1. The molecule has 5 nitrogen and oxygen atoms in total. The lowest BCUT2D eigenvalue weighted by Gasteiger charge is -2.61. The maximum Gasteiger partial charge on any atom is 0.229 e. The summed E-state index contributed by atoms with van der Waals surface area (Å²) in [6, 6.07) is 0.390. The third-order valence-corrected chi connectivity index (χ3v) is 9.80. The topological polar surface area (TPSA) is 61.4 Å². The molecule has 2 amide bonds. The maximum atomic E-state index is 13.2. The Balaban J connectivity index is 1.50. The number of nitrogens with zero attached hydrogens (tertiary/aromatic N) is 1. The van der Waals surface area contributed by atoms with Gasteiger partial charge in [-0.15, -0.1) is 0 Å². The third-order valence-electron chi connectivity index (χ3n) is 9.60. The highest BCUT2D eigenvalue weighted by molar-refractivity contribution is 7.80. The molecule has 174 valence electrons. The Kier molecular flexibility index (Phi) is 5.72. The number of piperidine rings is 1. The van der Waals surface area contributed by atoms with Gasteiger partial charge in [0.15, 0.2) is 5.11 Å². The Bertz CT molecular complexity index is 777. The van der Waals surface area contributed by atoms with Crippen LogP contribution in [-0.4, -0.2) is 40.5 Å². The average Bonchev–Trinajstić information content (AvgIpc) is 3.01. The molecule has 1 heterocycles. The van der Waals surface area contributed by atoms with Gasteiger partial charge in [0.25, 0.3) is 0 Å². The van der Waals surface area contributed by atoms with Gasteiger partial charge in [-0.3, -0.25) is 9.59 Å². The molecule has 1 saturated heterocycles. The summed E-state index contributed by atoms with van der Waals surface area (Å²) in [7, 11) is 2.02. The van der Waals surface area contributed by atoms with Crippen LogP contribution in [0.2, 0.25) is 0 Å². The molecule has 3 aliphatic carbocycles. The van der Waals surface area contributed by atoms with E-state index in [2.05, 4.69) is 29.4 Å². The van der Waals surface area contributed by atoms with Gasteiger partial charge in [-0.05, 0) is 107 Å². The van der Waals surface area contributed by atoms with Gasteiger partial charge in [0.1, 0.15) is 0 Å².